The number of carbonyl (C=O) groups is 1. The van der Waals surface area contributed by atoms with Crippen LogP contribution < -0.4 is 11.1 Å². The van der Waals surface area contributed by atoms with Crippen molar-refractivity contribution >= 4 is 17.3 Å². The van der Waals surface area contributed by atoms with Crippen molar-refractivity contribution in [2.24, 2.45) is 5.41 Å². The Morgan fingerprint density at radius 2 is 2.18 bits per heavy atom. The lowest BCUT2D eigenvalue weighted by atomic mass is 10.1. The highest BCUT2D eigenvalue weighted by atomic mass is 19.1. The van der Waals surface area contributed by atoms with Gasteiger partial charge in [-0.3, -0.25) is 0 Å². The summed E-state index contributed by atoms with van der Waals surface area (Å²) < 4.78 is 13.2. The van der Waals surface area contributed by atoms with E-state index >= 15 is 0 Å². The van der Waals surface area contributed by atoms with Crippen LogP contribution in [0.15, 0.2) is 12.1 Å². The first-order valence-electron chi connectivity index (χ1n) is 5.41. The van der Waals surface area contributed by atoms with Crippen LogP contribution in [0.4, 0.5) is 15.8 Å². The van der Waals surface area contributed by atoms with Crippen LogP contribution in [0.3, 0.4) is 0 Å². The highest BCUT2D eigenvalue weighted by Gasteiger charge is 2.46. The summed E-state index contributed by atoms with van der Waals surface area (Å²) in [5.74, 6) is -1.93. The van der Waals surface area contributed by atoms with E-state index in [2.05, 4.69) is 19.2 Å². The van der Waals surface area contributed by atoms with Crippen LogP contribution in [0.25, 0.3) is 0 Å². The van der Waals surface area contributed by atoms with Crippen molar-refractivity contribution in [1.82, 2.24) is 0 Å². The molecule has 1 unspecified atom stereocenters. The van der Waals surface area contributed by atoms with E-state index in [4.69, 9.17) is 10.8 Å². The van der Waals surface area contributed by atoms with E-state index in [1.807, 2.05) is 0 Å². The molecule has 0 amide bonds. The molecule has 1 atom stereocenters. The smallest absolute Gasteiger partial charge is 0.340 e. The molecular weight excluding hydrogens is 223 g/mol. The van der Waals surface area contributed by atoms with Gasteiger partial charge in [0.25, 0.3) is 0 Å². The summed E-state index contributed by atoms with van der Waals surface area (Å²) in [6.45, 7) is 4.16. The van der Waals surface area contributed by atoms with Gasteiger partial charge in [-0.25, -0.2) is 9.18 Å². The molecule has 0 saturated heterocycles. The van der Waals surface area contributed by atoms with Crippen LogP contribution >= 0.6 is 0 Å². The van der Waals surface area contributed by atoms with Crippen molar-refractivity contribution in [1.29, 1.82) is 0 Å². The van der Waals surface area contributed by atoms with E-state index in [0.717, 1.165) is 6.42 Å². The third kappa shape index (κ3) is 2.05. The Kier molecular flexibility index (Phi) is 2.49. The molecule has 1 aliphatic carbocycles. The second-order valence-electron chi connectivity index (χ2n) is 5.08. The molecule has 0 radical (unpaired) electrons. The van der Waals surface area contributed by atoms with E-state index in [-0.39, 0.29) is 22.7 Å². The van der Waals surface area contributed by atoms with Gasteiger partial charge in [0.05, 0.1) is 11.4 Å². The van der Waals surface area contributed by atoms with Gasteiger partial charge in [-0.1, -0.05) is 13.8 Å². The van der Waals surface area contributed by atoms with Crippen LogP contribution in [0, 0.1) is 11.2 Å². The number of nitrogens with two attached hydrogens (primary N) is 1. The van der Waals surface area contributed by atoms with Gasteiger partial charge < -0.3 is 16.2 Å². The molecule has 0 spiro atoms. The Labute approximate surface area is 98.6 Å². The first kappa shape index (κ1) is 11.7. The molecular formula is C12H15FN2O2. The maximum absolute atomic E-state index is 13.2. The summed E-state index contributed by atoms with van der Waals surface area (Å²) in [6, 6.07) is 2.81. The number of nitrogens with one attached hydrogen (secondary N) is 1. The van der Waals surface area contributed by atoms with Gasteiger partial charge in [0, 0.05) is 6.04 Å². The summed E-state index contributed by atoms with van der Waals surface area (Å²) in [5, 5.41) is 12.1. The van der Waals surface area contributed by atoms with Crippen LogP contribution in [0.2, 0.25) is 0 Å². The minimum absolute atomic E-state index is 0.152. The van der Waals surface area contributed by atoms with Crippen molar-refractivity contribution in [3.8, 4) is 0 Å². The molecule has 1 aliphatic rings. The number of halogens is 1. The SMILES string of the molecule is CC1(C)CC1Nc1ccc(F)c(N)c1C(=O)O. The lowest BCUT2D eigenvalue weighted by molar-refractivity contribution is 0.0698. The zero-order valence-electron chi connectivity index (χ0n) is 9.75. The Bertz CT molecular complexity index is 486. The average Bonchev–Trinajstić information content (AvgIpc) is 2.79. The van der Waals surface area contributed by atoms with E-state index in [1.54, 1.807) is 0 Å². The molecule has 1 aromatic rings. The van der Waals surface area contributed by atoms with Crippen molar-refractivity contribution in [2.45, 2.75) is 26.3 Å². The number of anilines is 2. The number of carboxylic acids is 1. The lowest BCUT2D eigenvalue weighted by Gasteiger charge is -2.13. The summed E-state index contributed by atoms with van der Waals surface area (Å²) in [4.78, 5) is 11.1. The van der Waals surface area contributed by atoms with Gasteiger partial charge in [-0.2, -0.15) is 0 Å². The van der Waals surface area contributed by atoms with Crippen molar-refractivity contribution in [3.05, 3.63) is 23.5 Å². The summed E-state index contributed by atoms with van der Waals surface area (Å²) >= 11 is 0. The monoisotopic (exact) mass is 238 g/mol. The van der Waals surface area contributed by atoms with Gasteiger partial charge >= 0.3 is 5.97 Å². The van der Waals surface area contributed by atoms with Crippen molar-refractivity contribution in [2.75, 3.05) is 11.1 Å². The number of rotatable bonds is 3. The molecule has 1 aromatic carbocycles. The Hall–Kier alpha value is -1.78. The normalized spacial score (nSPS) is 21.0. The topological polar surface area (TPSA) is 75.3 Å². The van der Waals surface area contributed by atoms with Gasteiger partial charge in [-0.15, -0.1) is 0 Å². The van der Waals surface area contributed by atoms with E-state index in [0.29, 0.717) is 5.69 Å². The van der Waals surface area contributed by atoms with Gasteiger partial charge in [-0.05, 0) is 24.0 Å². The highest BCUT2D eigenvalue weighted by molar-refractivity contribution is 6.00. The second kappa shape index (κ2) is 3.61. The predicted molar refractivity (Wildman–Crippen MR) is 63.6 cm³/mol. The first-order valence-corrected chi connectivity index (χ1v) is 5.41. The fourth-order valence-electron chi connectivity index (χ4n) is 1.85. The fourth-order valence-corrected chi connectivity index (χ4v) is 1.85. The molecule has 4 N–H and O–H groups in total. The molecule has 92 valence electrons. The highest BCUT2D eigenvalue weighted by Crippen LogP contribution is 2.47. The van der Waals surface area contributed by atoms with Crippen LogP contribution in [-0.4, -0.2) is 17.1 Å². The Morgan fingerprint density at radius 1 is 1.59 bits per heavy atom. The average molecular weight is 238 g/mol. The largest absolute Gasteiger partial charge is 0.478 e. The van der Waals surface area contributed by atoms with Gasteiger partial charge in [0.1, 0.15) is 11.4 Å². The molecule has 17 heavy (non-hydrogen) atoms. The molecule has 4 nitrogen and oxygen atoms in total. The Balaban J connectivity index is 2.34. The first-order chi connectivity index (χ1) is 7.83. The lowest BCUT2D eigenvalue weighted by Crippen LogP contribution is -2.14. The number of carboxylic acid groups (broad SMARTS) is 1. The number of hydrogen-bond acceptors (Lipinski definition) is 3. The molecule has 0 aliphatic heterocycles. The molecule has 2 rings (SSSR count). The van der Waals surface area contributed by atoms with E-state index in [9.17, 15) is 9.18 Å². The Morgan fingerprint density at radius 3 is 2.65 bits per heavy atom. The predicted octanol–water partition coefficient (Wildman–Crippen LogP) is 2.32. The minimum Gasteiger partial charge on any atom is -0.478 e. The zero-order chi connectivity index (χ0) is 12.8. The third-order valence-corrected chi connectivity index (χ3v) is 3.25. The molecule has 0 heterocycles. The fraction of sp³-hybridized carbons (Fsp3) is 0.417. The molecule has 1 saturated carbocycles. The summed E-state index contributed by atoms with van der Waals surface area (Å²) in [5.41, 5.74) is 5.48. The maximum atomic E-state index is 13.2. The summed E-state index contributed by atoms with van der Waals surface area (Å²) in [6.07, 6.45) is 0.962. The van der Waals surface area contributed by atoms with Crippen LogP contribution in [-0.2, 0) is 0 Å². The van der Waals surface area contributed by atoms with E-state index in [1.165, 1.54) is 12.1 Å². The minimum atomic E-state index is -1.22. The molecule has 0 bridgehead atoms. The number of aromatic carboxylic acids is 1. The quantitative estimate of drug-likeness (QED) is 0.706. The zero-order valence-corrected chi connectivity index (χ0v) is 9.75. The van der Waals surface area contributed by atoms with E-state index < -0.39 is 11.8 Å². The second-order valence-corrected chi connectivity index (χ2v) is 5.08. The summed E-state index contributed by atoms with van der Waals surface area (Å²) in [7, 11) is 0. The molecule has 0 aromatic heterocycles. The van der Waals surface area contributed by atoms with Crippen LogP contribution in [0.1, 0.15) is 30.6 Å². The number of benzene rings is 1. The number of hydrogen-bond donors (Lipinski definition) is 3. The van der Waals surface area contributed by atoms with Gasteiger partial charge in [0.2, 0.25) is 0 Å². The molecule has 1 fully saturated rings. The van der Waals surface area contributed by atoms with Crippen LogP contribution in [0.5, 0.6) is 0 Å². The maximum Gasteiger partial charge on any atom is 0.340 e. The molecule has 5 heteroatoms. The number of nitrogen functional groups attached to an aromatic ring is 1. The standard InChI is InChI=1S/C12H15FN2O2/c1-12(2)5-8(12)15-7-4-3-6(13)10(14)9(7)11(16)17/h3-4,8,15H,5,14H2,1-2H3,(H,16,17). The van der Waals surface area contributed by atoms with Crippen molar-refractivity contribution in [3.63, 3.8) is 0 Å². The third-order valence-electron chi connectivity index (χ3n) is 3.25. The van der Waals surface area contributed by atoms with Crippen molar-refractivity contribution < 1.29 is 14.3 Å². The van der Waals surface area contributed by atoms with Gasteiger partial charge in [0.15, 0.2) is 0 Å².